The number of imidazole rings is 1. The molecule has 0 unspecified atom stereocenters. The number of hydrogen-bond donors (Lipinski definition) is 1. The first-order valence-corrected chi connectivity index (χ1v) is 6.69. The lowest BCUT2D eigenvalue weighted by Gasteiger charge is -2.35. The molecule has 96 valence electrons. The van der Waals surface area contributed by atoms with E-state index in [1.807, 2.05) is 18.7 Å². The van der Waals surface area contributed by atoms with Crippen molar-refractivity contribution in [3.8, 4) is 0 Å². The SMILES string of the molecule is CC(C)N1CCC(NCCn2ccnc2)CC1. The molecule has 1 aliphatic heterocycles. The number of nitrogens with zero attached hydrogens (tertiary/aromatic N) is 3. The molecule has 0 radical (unpaired) electrons. The van der Waals surface area contributed by atoms with E-state index in [0.717, 1.165) is 13.1 Å². The molecule has 0 saturated carbocycles. The molecule has 2 heterocycles. The third kappa shape index (κ3) is 3.82. The predicted octanol–water partition coefficient (Wildman–Crippen LogP) is 1.35. The minimum Gasteiger partial charge on any atom is -0.336 e. The van der Waals surface area contributed by atoms with E-state index in [4.69, 9.17) is 0 Å². The lowest BCUT2D eigenvalue weighted by molar-refractivity contribution is 0.161. The Morgan fingerprint density at radius 3 is 2.71 bits per heavy atom. The maximum absolute atomic E-state index is 4.05. The Bertz CT molecular complexity index is 299. The van der Waals surface area contributed by atoms with E-state index in [2.05, 4.69) is 33.6 Å². The summed E-state index contributed by atoms with van der Waals surface area (Å²) < 4.78 is 2.12. The van der Waals surface area contributed by atoms with E-state index in [0.29, 0.717) is 12.1 Å². The zero-order chi connectivity index (χ0) is 12.1. The Morgan fingerprint density at radius 2 is 2.12 bits per heavy atom. The molecule has 1 aromatic rings. The molecule has 0 atom stereocenters. The zero-order valence-electron chi connectivity index (χ0n) is 11.0. The zero-order valence-corrected chi connectivity index (χ0v) is 11.0. The fourth-order valence-corrected chi connectivity index (χ4v) is 2.44. The lowest BCUT2D eigenvalue weighted by atomic mass is 10.0. The van der Waals surface area contributed by atoms with Crippen molar-refractivity contribution in [1.82, 2.24) is 19.8 Å². The number of hydrogen-bond acceptors (Lipinski definition) is 3. The molecule has 0 spiro atoms. The average molecular weight is 236 g/mol. The molecule has 1 saturated heterocycles. The van der Waals surface area contributed by atoms with Crippen LogP contribution in [0.1, 0.15) is 26.7 Å². The fraction of sp³-hybridized carbons (Fsp3) is 0.769. The van der Waals surface area contributed by atoms with Crippen LogP contribution in [0.3, 0.4) is 0 Å². The first-order chi connectivity index (χ1) is 8.25. The number of likely N-dealkylation sites (tertiary alicyclic amines) is 1. The van der Waals surface area contributed by atoms with Crippen LogP contribution in [0.15, 0.2) is 18.7 Å². The van der Waals surface area contributed by atoms with E-state index in [1.54, 1.807) is 0 Å². The fourth-order valence-electron chi connectivity index (χ4n) is 2.44. The minimum atomic E-state index is 0.696. The van der Waals surface area contributed by atoms with Crippen LogP contribution in [0.2, 0.25) is 0 Å². The summed E-state index contributed by atoms with van der Waals surface area (Å²) in [7, 11) is 0. The molecule has 2 rings (SSSR count). The highest BCUT2D eigenvalue weighted by Crippen LogP contribution is 2.12. The highest BCUT2D eigenvalue weighted by atomic mass is 15.2. The third-order valence-electron chi connectivity index (χ3n) is 3.62. The normalized spacial score (nSPS) is 19.0. The van der Waals surface area contributed by atoms with Gasteiger partial charge >= 0.3 is 0 Å². The van der Waals surface area contributed by atoms with Crippen molar-refractivity contribution >= 4 is 0 Å². The third-order valence-corrected chi connectivity index (χ3v) is 3.62. The molecule has 0 aliphatic carbocycles. The topological polar surface area (TPSA) is 33.1 Å². The predicted molar refractivity (Wildman–Crippen MR) is 70.0 cm³/mol. The molecule has 0 bridgehead atoms. The second-order valence-electron chi connectivity index (χ2n) is 5.16. The summed E-state index contributed by atoms with van der Waals surface area (Å²) in [6, 6.07) is 1.40. The number of aromatic nitrogens is 2. The second-order valence-corrected chi connectivity index (χ2v) is 5.16. The van der Waals surface area contributed by atoms with E-state index >= 15 is 0 Å². The van der Waals surface area contributed by atoms with Crippen molar-refractivity contribution in [3.05, 3.63) is 18.7 Å². The molecule has 0 amide bonds. The van der Waals surface area contributed by atoms with Crippen LogP contribution in [0.25, 0.3) is 0 Å². The van der Waals surface area contributed by atoms with Crippen molar-refractivity contribution < 1.29 is 0 Å². The standard InChI is InChI=1S/C13H24N4/c1-12(2)17-7-3-13(4-8-17)15-6-10-16-9-5-14-11-16/h5,9,11-13,15H,3-4,6-8,10H2,1-2H3. The van der Waals surface area contributed by atoms with Gasteiger partial charge < -0.3 is 14.8 Å². The summed E-state index contributed by atoms with van der Waals surface area (Å²) in [5.74, 6) is 0. The van der Waals surface area contributed by atoms with Crippen molar-refractivity contribution in [2.75, 3.05) is 19.6 Å². The highest BCUT2D eigenvalue weighted by Gasteiger charge is 2.19. The van der Waals surface area contributed by atoms with Crippen molar-refractivity contribution in [1.29, 1.82) is 0 Å². The van der Waals surface area contributed by atoms with Crippen LogP contribution in [-0.4, -0.2) is 46.2 Å². The molecular weight excluding hydrogens is 212 g/mol. The minimum absolute atomic E-state index is 0.696. The average Bonchev–Trinajstić information content (AvgIpc) is 2.83. The number of piperidine rings is 1. The first kappa shape index (κ1) is 12.6. The van der Waals surface area contributed by atoms with Crippen molar-refractivity contribution in [2.45, 2.75) is 45.3 Å². The first-order valence-electron chi connectivity index (χ1n) is 6.69. The Hall–Kier alpha value is -0.870. The summed E-state index contributed by atoms with van der Waals surface area (Å²) >= 11 is 0. The van der Waals surface area contributed by atoms with Crippen molar-refractivity contribution in [2.24, 2.45) is 0 Å². The summed E-state index contributed by atoms with van der Waals surface area (Å²) in [6.07, 6.45) is 8.29. The van der Waals surface area contributed by atoms with Gasteiger partial charge in [0.1, 0.15) is 0 Å². The van der Waals surface area contributed by atoms with Crippen LogP contribution < -0.4 is 5.32 Å². The number of rotatable bonds is 5. The molecule has 1 aromatic heterocycles. The molecule has 4 heteroatoms. The molecule has 4 nitrogen and oxygen atoms in total. The van der Waals surface area contributed by atoms with Gasteiger partial charge in [-0.3, -0.25) is 0 Å². The smallest absolute Gasteiger partial charge is 0.0946 e. The van der Waals surface area contributed by atoms with Gasteiger partial charge in [0.2, 0.25) is 0 Å². The van der Waals surface area contributed by atoms with Gasteiger partial charge in [-0.25, -0.2) is 4.98 Å². The van der Waals surface area contributed by atoms with Crippen LogP contribution in [-0.2, 0) is 6.54 Å². The van der Waals surface area contributed by atoms with Gasteiger partial charge in [0.25, 0.3) is 0 Å². The Balaban J connectivity index is 1.62. The molecule has 1 N–H and O–H groups in total. The largest absolute Gasteiger partial charge is 0.336 e. The maximum Gasteiger partial charge on any atom is 0.0946 e. The molecule has 17 heavy (non-hydrogen) atoms. The molecule has 1 aliphatic rings. The van der Waals surface area contributed by atoms with Crippen molar-refractivity contribution in [3.63, 3.8) is 0 Å². The second kappa shape index (κ2) is 6.17. The molecule has 0 aromatic carbocycles. The monoisotopic (exact) mass is 236 g/mol. The van der Waals surface area contributed by atoms with E-state index in [9.17, 15) is 0 Å². The maximum atomic E-state index is 4.05. The van der Waals surface area contributed by atoms with Gasteiger partial charge in [-0.2, -0.15) is 0 Å². The van der Waals surface area contributed by atoms with Crippen LogP contribution in [0.5, 0.6) is 0 Å². The summed E-state index contributed by atoms with van der Waals surface area (Å²) in [4.78, 5) is 6.61. The summed E-state index contributed by atoms with van der Waals surface area (Å²) in [6.45, 7) is 9.10. The van der Waals surface area contributed by atoms with E-state index in [-0.39, 0.29) is 0 Å². The van der Waals surface area contributed by atoms with Crippen LogP contribution in [0, 0.1) is 0 Å². The number of nitrogens with one attached hydrogen (secondary N) is 1. The van der Waals surface area contributed by atoms with E-state index in [1.165, 1.54) is 25.9 Å². The Morgan fingerprint density at radius 1 is 1.35 bits per heavy atom. The van der Waals surface area contributed by atoms with Crippen LogP contribution >= 0.6 is 0 Å². The van der Waals surface area contributed by atoms with E-state index < -0.39 is 0 Å². The van der Waals surface area contributed by atoms with Gasteiger partial charge in [0.15, 0.2) is 0 Å². The van der Waals surface area contributed by atoms with Crippen LogP contribution in [0.4, 0.5) is 0 Å². The highest BCUT2D eigenvalue weighted by molar-refractivity contribution is 4.79. The van der Waals surface area contributed by atoms with Gasteiger partial charge in [-0.15, -0.1) is 0 Å². The lowest BCUT2D eigenvalue weighted by Crippen LogP contribution is -2.45. The van der Waals surface area contributed by atoms with Gasteiger partial charge in [0, 0.05) is 37.6 Å². The Labute approximate surface area is 104 Å². The van der Waals surface area contributed by atoms with Gasteiger partial charge in [-0.1, -0.05) is 0 Å². The Kier molecular flexibility index (Phi) is 4.57. The molecule has 1 fully saturated rings. The van der Waals surface area contributed by atoms with Gasteiger partial charge in [-0.05, 0) is 39.8 Å². The summed E-state index contributed by atoms with van der Waals surface area (Å²) in [5.41, 5.74) is 0. The molecular formula is C13H24N4. The quantitative estimate of drug-likeness (QED) is 0.837. The van der Waals surface area contributed by atoms with Gasteiger partial charge in [0.05, 0.1) is 6.33 Å². The summed E-state index contributed by atoms with van der Waals surface area (Å²) in [5, 5.41) is 3.64.